The van der Waals surface area contributed by atoms with Crippen LogP contribution in [-0.4, -0.2) is 32.6 Å². The average Bonchev–Trinajstić information content (AvgIpc) is 2.83. The van der Waals surface area contributed by atoms with E-state index in [-0.39, 0.29) is 12.1 Å². The smallest absolute Gasteiger partial charge is 0.411 e. The summed E-state index contributed by atoms with van der Waals surface area (Å²) in [5.74, 6) is 3.86. The largest absolute Gasteiger partial charge is 0.444 e. The zero-order valence-electron chi connectivity index (χ0n) is 12.0. The highest BCUT2D eigenvalue weighted by Crippen LogP contribution is 2.53. The van der Waals surface area contributed by atoms with Gasteiger partial charge in [0.1, 0.15) is 17.1 Å². The SMILES string of the molecule is C#Cc1cnc(C2CC3CC3N2C(=O)OC(C)(C)C)[nH]1. The normalized spacial score (nSPS) is 27.9. The number of hydrogen-bond acceptors (Lipinski definition) is 3. The number of fused-ring (bicyclic) bond motifs is 1. The first-order chi connectivity index (χ1) is 9.39. The molecule has 1 saturated carbocycles. The fourth-order valence-corrected chi connectivity index (χ4v) is 2.86. The predicted molar refractivity (Wildman–Crippen MR) is 73.8 cm³/mol. The monoisotopic (exact) mass is 273 g/mol. The molecule has 3 rings (SSSR count). The van der Waals surface area contributed by atoms with E-state index < -0.39 is 5.60 Å². The maximum atomic E-state index is 12.4. The number of H-pyrrole nitrogens is 1. The van der Waals surface area contributed by atoms with Gasteiger partial charge in [0.15, 0.2) is 0 Å². The number of nitrogens with zero attached hydrogens (tertiary/aromatic N) is 2. The number of terminal acetylenes is 1. The number of imidazole rings is 1. The standard InChI is InChI=1S/C15H19N3O2/c1-5-10-8-16-13(17-10)12-7-9-6-11(9)18(12)14(19)20-15(2,3)4/h1,8-9,11-12H,6-7H2,2-4H3,(H,16,17). The van der Waals surface area contributed by atoms with Gasteiger partial charge in [-0.15, -0.1) is 6.42 Å². The molecule has 0 radical (unpaired) electrons. The highest BCUT2D eigenvalue weighted by atomic mass is 16.6. The van der Waals surface area contributed by atoms with Gasteiger partial charge in [0.25, 0.3) is 0 Å². The minimum atomic E-state index is -0.484. The molecule has 1 saturated heterocycles. The first-order valence-corrected chi connectivity index (χ1v) is 6.92. The number of aromatic nitrogens is 2. The summed E-state index contributed by atoms with van der Waals surface area (Å²) in [5, 5.41) is 0. The number of piperidine rings is 1. The van der Waals surface area contributed by atoms with Crippen LogP contribution >= 0.6 is 0 Å². The van der Waals surface area contributed by atoms with E-state index in [2.05, 4.69) is 15.9 Å². The van der Waals surface area contributed by atoms with E-state index in [1.54, 1.807) is 6.20 Å². The van der Waals surface area contributed by atoms with Crippen LogP contribution in [0.1, 0.15) is 51.2 Å². The van der Waals surface area contributed by atoms with E-state index in [0.717, 1.165) is 18.7 Å². The Kier molecular flexibility index (Phi) is 2.79. The quantitative estimate of drug-likeness (QED) is 0.800. The molecule has 2 aliphatic rings. The average molecular weight is 273 g/mol. The Balaban J connectivity index is 1.81. The first kappa shape index (κ1) is 13.0. The van der Waals surface area contributed by atoms with Gasteiger partial charge in [0, 0.05) is 6.04 Å². The highest BCUT2D eigenvalue weighted by molar-refractivity contribution is 5.70. The third-order valence-electron chi connectivity index (χ3n) is 3.78. The first-order valence-electron chi connectivity index (χ1n) is 6.92. The van der Waals surface area contributed by atoms with E-state index in [9.17, 15) is 4.79 Å². The molecule has 2 fully saturated rings. The fourth-order valence-electron chi connectivity index (χ4n) is 2.86. The van der Waals surface area contributed by atoms with Crippen LogP contribution < -0.4 is 0 Å². The van der Waals surface area contributed by atoms with Crippen LogP contribution in [0.2, 0.25) is 0 Å². The second-order valence-electron chi connectivity index (χ2n) is 6.53. The molecular weight excluding hydrogens is 254 g/mol. The molecule has 0 aromatic carbocycles. The van der Waals surface area contributed by atoms with Crippen molar-refractivity contribution in [3.8, 4) is 12.3 Å². The lowest BCUT2D eigenvalue weighted by molar-refractivity contribution is 0.0175. The van der Waals surface area contributed by atoms with Crippen molar-refractivity contribution >= 4 is 6.09 Å². The molecule has 0 spiro atoms. The van der Waals surface area contributed by atoms with Gasteiger partial charge in [-0.1, -0.05) is 5.92 Å². The molecular formula is C15H19N3O2. The molecule has 1 aromatic rings. The number of nitrogens with one attached hydrogen (secondary N) is 1. The number of amides is 1. The Hall–Kier alpha value is -1.96. The van der Waals surface area contributed by atoms with Crippen LogP contribution in [0.25, 0.3) is 0 Å². The summed E-state index contributed by atoms with van der Waals surface area (Å²) in [6.07, 6.45) is 8.72. The van der Waals surface area contributed by atoms with Gasteiger partial charge in [-0.2, -0.15) is 0 Å². The van der Waals surface area contributed by atoms with Crippen LogP contribution in [0, 0.1) is 18.3 Å². The van der Waals surface area contributed by atoms with Crippen molar-refractivity contribution in [3.05, 3.63) is 17.7 Å². The van der Waals surface area contributed by atoms with Crippen LogP contribution in [0.4, 0.5) is 4.79 Å². The number of ether oxygens (including phenoxy) is 1. The number of carbonyl (C=O) groups excluding carboxylic acids is 1. The van der Waals surface area contributed by atoms with Gasteiger partial charge in [-0.05, 0) is 39.5 Å². The van der Waals surface area contributed by atoms with E-state index in [1.807, 2.05) is 25.7 Å². The van der Waals surface area contributed by atoms with Gasteiger partial charge in [-0.25, -0.2) is 9.78 Å². The van der Waals surface area contributed by atoms with Crippen molar-refractivity contribution in [2.24, 2.45) is 5.92 Å². The summed E-state index contributed by atoms with van der Waals surface area (Å²) in [6, 6.07) is 0.255. The number of likely N-dealkylation sites (tertiary alicyclic amines) is 1. The third kappa shape index (κ3) is 2.26. The number of aromatic amines is 1. The minimum Gasteiger partial charge on any atom is -0.444 e. The fraction of sp³-hybridized carbons (Fsp3) is 0.600. The molecule has 106 valence electrons. The predicted octanol–water partition coefficient (Wildman–Crippen LogP) is 2.46. The van der Waals surface area contributed by atoms with E-state index in [4.69, 9.17) is 11.2 Å². The van der Waals surface area contributed by atoms with Crippen LogP contribution in [0.3, 0.4) is 0 Å². The Morgan fingerprint density at radius 2 is 2.30 bits per heavy atom. The molecule has 20 heavy (non-hydrogen) atoms. The van der Waals surface area contributed by atoms with E-state index in [0.29, 0.717) is 17.7 Å². The zero-order chi connectivity index (χ0) is 14.5. The molecule has 1 aliphatic carbocycles. The molecule has 1 amide bonds. The van der Waals surface area contributed by atoms with Crippen molar-refractivity contribution in [3.63, 3.8) is 0 Å². The van der Waals surface area contributed by atoms with Crippen molar-refractivity contribution in [1.82, 2.24) is 14.9 Å². The zero-order valence-corrected chi connectivity index (χ0v) is 12.0. The van der Waals surface area contributed by atoms with E-state index in [1.165, 1.54) is 0 Å². The number of rotatable bonds is 1. The van der Waals surface area contributed by atoms with Gasteiger partial charge < -0.3 is 9.72 Å². The summed E-state index contributed by atoms with van der Waals surface area (Å²) in [7, 11) is 0. The topological polar surface area (TPSA) is 58.2 Å². The summed E-state index contributed by atoms with van der Waals surface area (Å²) in [6.45, 7) is 5.64. The Labute approximate surface area is 118 Å². The highest BCUT2D eigenvalue weighted by Gasteiger charge is 2.56. The minimum absolute atomic E-state index is 0.0456. The summed E-state index contributed by atoms with van der Waals surface area (Å²) >= 11 is 0. The summed E-state index contributed by atoms with van der Waals surface area (Å²) in [5.41, 5.74) is 0.159. The molecule has 3 atom stereocenters. The molecule has 1 aromatic heterocycles. The molecule has 1 N–H and O–H groups in total. The van der Waals surface area contributed by atoms with Crippen molar-refractivity contribution < 1.29 is 9.53 Å². The Bertz CT molecular complexity index is 579. The number of hydrogen-bond donors (Lipinski definition) is 1. The van der Waals surface area contributed by atoms with E-state index >= 15 is 0 Å². The molecule has 2 heterocycles. The van der Waals surface area contributed by atoms with Gasteiger partial charge in [-0.3, -0.25) is 4.90 Å². The van der Waals surface area contributed by atoms with Crippen LogP contribution in [-0.2, 0) is 4.74 Å². The second-order valence-corrected chi connectivity index (χ2v) is 6.53. The maximum absolute atomic E-state index is 12.4. The molecule has 1 aliphatic heterocycles. The maximum Gasteiger partial charge on any atom is 0.411 e. The van der Waals surface area contributed by atoms with Crippen molar-refractivity contribution in [2.45, 2.75) is 51.3 Å². The lowest BCUT2D eigenvalue weighted by Crippen LogP contribution is -2.38. The Morgan fingerprint density at radius 1 is 1.55 bits per heavy atom. The van der Waals surface area contributed by atoms with Gasteiger partial charge in [0.05, 0.1) is 12.2 Å². The molecule has 5 nitrogen and oxygen atoms in total. The second kappa shape index (κ2) is 4.27. The molecule has 3 unspecified atom stereocenters. The molecule has 0 bridgehead atoms. The van der Waals surface area contributed by atoms with Crippen LogP contribution in [0.5, 0.6) is 0 Å². The number of carbonyl (C=O) groups is 1. The lowest BCUT2D eigenvalue weighted by Gasteiger charge is -2.29. The third-order valence-corrected chi connectivity index (χ3v) is 3.78. The lowest BCUT2D eigenvalue weighted by atomic mass is 10.1. The van der Waals surface area contributed by atoms with Crippen molar-refractivity contribution in [2.75, 3.05) is 0 Å². The van der Waals surface area contributed by atoms with Gasteiger partial charge in [0.2, 0.25) is 0 Å². The van der Waals surface area contributed by atoms with Crippen LogP contribution in [0.15, 0.2) is 6.20 Å². The van der Waals surface area contributed by atoms with Crippen molar-refractivity contribution in [1.29, 1.82) is 0 Å². The van der Waals surface area contributed by atoms with Gasteiger partial charge >= 0.3 is 6.09 Å². The summed E-state index contributed by atoms with van der Waals surface area (Å²) < 4.78 is 5.51. The molecule has 5 heteroatoms. The Morgan fingerprint density at radius 3 is 2.90 bits per heavy atom. The summed E-state index contributed by atoms with van der Waals surface area (Å²) in [4.78, 5) is 21.6.